The SMILES string of the molecule is COC(=O)c1nc(F)ncc1Cl. The van der Waals surface area contributed by atoms with Gasteiger partial charge in [-0.25, -0.2) is 9.78 Å². The lowest BCUT2D eigenvalue weighted by Crippen LogP contribution is -2.07. The van der Waals surface area contributed by atoms with Crippen molar-refractivity contribution in [3.63, 3.8) is 0 Å². The monoisotopic (exact) mass is 190 g/mol. The molecule has 0 bridgehead atoms. The Bertz CT molecular complexity index is 318. The third-order valence-electron chi connectivity index (χ3n) is 1.09. The van der Waals surface area contributed by atoms with E-state index in [-0.39, 0.29) is 10.7 Å². The summed E-state index contributed by atoms with van der Waals surface area (Å²) >= 11 is 5.48. The summed E-state index contributed by atoms with van der Waals surface area (Å²) in [5.74, 6) is -0.790. The Morgan fingerprint density at radius 3 is 3.00 bits per heavy atom. The Hall–Kier alpha value is -1.23. The normalized spacial score (nSPS) is 9.58. The van der Waals surface area contributed by atoms with Gasteiger partial charge in [-0.15, -0.1) is 0 Å². The van der Waals surface area contributed by atoms with Crippen molar-refractivity contribution in [3.8, 4) is 0 Å². The minimum absolute atomic E-state index is 0.0387. The number of ether oxygens (including phenoxy) is 1. The van der Waals surface area contributed by atoms with E-state index in [1.807, 2.05) is 0 Å². The third-order valence-corrected chi connectivity index (χ3v) is 1.37. The molecule has 0 aromatic carbocycles. The molecular weight excluding hydrogens is 187 g/mol. The smallest absolute Gasteiger partial charge is 0.358 e. The molecule has 1 heterocycles. The lowest BCUT2D eigenvalue weighted by molar-refractivity contribution is 0.0592. The van der Waals surface area contributed by atoms with E-state index in [4.69, 9.17) is 11.6 Å². The second-order valence-corrected chi connectivity index (χ2v) is 2.23. The predicted molar refractivity (Wildman–Crippen MR) is 38.3 cm³/mol. The molecule has 0 unspecified atom stereocenters. The maximum atomic E-state index is 12.4. The molecule has 0 aliphatic heterocycles. The molecule has 0 fully saturated rings. The molecule has 0 spiro atoms. The summed E-state index contributed by atoms with van der Waals surface area (Å²) in [5, 5.41) is -0.0387. The van der Waals surface area contributed by atoms with E-state index >= 15 is 0 Å². The molecule has 0 aliphatic rings. The Labute approximate surface area is 72.3 Å². The molecule has 0 radical (unpaired) electrons. The van der Waals surface area contributed by atoms with Crippen LogP contribution in [-0.2, 0) is 4.74 Å². The fourth-order valence-corrected chi connectivity index (χ4v) is 0.754. The summed E-state index contributed by atoms with van der Waals surface area (Å²) in [6, 6.07) is 0. The molecule has 6 heteroatoms. The minimum Gasteiger partial charge on any atom is -0.464 e. The van der Waals surface area contributed by atoms with E-state index in [0.717, 1.165) is 13.3 Å². The fraction of sp³-hybridized carbons (Fsp3) is 0.167. The van der Waals surface area contributed by atoms with Crippen molar-refractivity contribution in [1.82, 2.24) is 9.97 Å². The van der Waals surface area contributed by atoms with Gasteiger partial charge in [-0.1, -0.05) is 11.6 Å². The Balaban J connectivity index is 3.13. The van der Waals surface area contributed by atoms with Crippen molar-refractivity contribution in [2.45, 2.75) is 0 Å². The molecule has 12 heavy (non-hydrogen) atoms. The van der Waals surface area contributed by atoms with Crippen LogP contribution in [0.25, 0.3) is 0 Å². The van der Waals surface area contributed by atoms with Crippen LogP contribution in [0.4, 0.5) is 4.39 Å². The molecule has 1 rings (SSSR count). The molecule has 0 N–H and O–H groups in total. The second-order valence-electron chi connectivity index (χ2n) is 1.83. The first kappa shape index (κ1) is 8.86. The quantitative estimate of drug-likeness (QED) is 0.491. The van der Waals surface area contributed by atoms with Gasteiger partial charge in [0.2, 0.25) is 0 Å². The first-order valence-corrected chi connectivity index (χ1v) is 3.29. The van der Waals surface area contributed by atoms with Crippen LogP contribution >= 0.6 is 11.6 Å². The molecule has 0 saturated carbocycles. The van der Waals surface area contributed by atoms with Gasteiger partial charge in [-0.05, 0) is 0 Å². The summed E-state index contributed by atoms with van der Waals surface area (Å²) in [6.45, 7) is 0. The largest absolute Gasteiger partial charge is 0.464 e. The Kier molecular flexibility index (Phi) is 2.54. The molecular formula is C6H4ClFN2O2. The van der Waals surface area contributed by atoms with E-state index in [1.165, 1.54) is 0 Å². The zero-order valence-corrected chi connectivity index (χ0v) is 6.80. The summed E-state index contributed by atoms with van der Waals surface area (Å²) in [5.41, 5.74) is -0.272. The van der Waals surface area contributed by atoms with Crippen LogP contribution in [0.2, 0.25) is 5.02 Å². The highest BCUT2D eigenvalue weighted by Gasteiger charge is 2.13. The number of carbonyl (C=O) groups excluding carboxylic acids is 1. The average molecular weight is 191 g/mol. The van der Waals surface area contributed by atoms with Crippen molar-refractivity contribution in [2.75, 3.05) is 7.11 Å². The van der Waals surface area contributed by atoms with Crippen molar-refractivity contribution in [2.24, 2.45) is 0 Å². The molecule has 0 aliphatic carbocycles. The topological polar surface area (TPSA) is 52.1 Å². The maximum Gasteiger partial charge on any atom is 0.358 e. The molecule has 0 atom stereocenters. The highest BCUT2D eigenvalue weighted by Crippen LogP contribution is 2.12. The first-order chi connectivity index (χ1) is 5.65. The average Bonchev–Trinajstić information content (AvgIpc) is 2.08. The van der Waals surface area contributed by atoms with Crippen molar-refractivity contribution < 1.29 is 13.9 Å². The number of rotatable bonds is 1. The Morgan fingerprint density at radius 1 is 1.75 bits per heavy atom. The van der Waals surface area contributed by atoms with Crippen LogP contribution in [0.3, 0.4) is 0 Å². The highest BCUT2D eigenvalue weighted by atomic mass is 35.5. The van der Waals surface area contributed by atoms with E-state index in [0.29, 0.717) is 0 Å². The van der Waals surface area contributed by atoms with Gasteiger partial charge in [0.15, 0.2) is 5.69 Å². The van der Waals surface area contributed by atoms with Crippen molar-refractivity contribution in [1.29, 1.82) is 0 Å². The van der Waals surface area contributed by atoms with Gasteiger partial charge in [0.1, 0.15) is 0 Å². The third kappa shape index (κ3) is 1.68. The molecule has 4 nitrogen and oxygen atoms in total. The number of methoxy groups -OCH3 is 1. The van der Waals surface area contributed by atoms with Crippen LogP contribution in [0.5, 0.6) is 0 Å². The number of hydrogen-bond acceptors (Lipinski definition) is 4. The number of halogens is 2. The van der Waals surface area contributed by atoms with Gasteiger partial charge in [-0.3, -0.25) is 0 Å². The van der Waals surface area contributed by atoms with Crippen LogP contribution in [0, 0.1) is 6.08 Å². The van der Waals surface area contributed by atoms with Gasteiger partial charge < -0.3 is 4.74 Å². The standard InChI is InChI=1S/C6H4ClFN2O2/c1-12-5(11)4-3(7)2-9-6(8)10-4/h2H,1H3. The van der Waals surface area contributed by atoms with Gasteiger partial charge in [0.05, 0.1) is 18.3 Å². The zero-order valence-electron chi connectivity index (χ0n) is 6.04. The second kappa shape index (κ2) is 3.44. The van der Waals surface area contributed by atoms with Crippen LogP contribution < -0.4 is 0 Å². The molecule has 0 saturated heterocycles. The van der Waals surface area contributed by atoms with Gasteiger partial charge in [0.25, 0.3) is 0 Å². The predicted octanol–water partition coefficient (Wildman–Crippen LogP) is 1.06. The van der Waals surface area contributed by atoms with Gasteiger partial charge in [0, 0.05) is 0 Å². The fourth-order valence-electron chi connectivity index (χ4n) is 0.585. The Morgan fingerprint density at radius 2 is 2.42 bits per heavy atom. The maximum absolute atomic E-state index is 12.4. The van der Waals surface area contributed by atoms with E-state index in [1.54, 1.807) is 0 Å². The van der Waals surface area contributed by atoms with E-state index in [9.17, 15) is 9.18 Å². The number of carbonyl (C=O) groups is 1. The van der Waals surface area contributed by atoms with Crippen LogP contribution in [-0.4, -0.2) is 23.0 Å². The summed E-state index contributed by atoms with van der Waals surface area (Å²) < 4.78 is 16.6. The summed E-state index contributed by atoms with van der Waals surface area (Å²) in [6.07, 6.45) is -0.0179. The highest BCUT2D eigenvalue weighted by molar-refractivity contribution is 6.33. The molecule has 1 aromatic rings. The van der Waals surface area contributed by atoms with Crippen molar-refractivity contribution in [3.05, 3.63) is 23.0 Å². The van der Waals surface area contributed by atoms with Crippen molar-refractivity contribution >= 4 is 17.6 Å². The van der Waals surface area contributed by atoms with E-state index in [2.05, 4.69) is 14.7 Å². The lowest BCUT2D eigenvalue weighted by atomic mass is 10.4. The minimum atomic E-state index is -1.01. The number of nitrogens with zero attached hydrogens (tertiary/aromatic N) is 2. The van der Waals surface area contributed by atoms with Crippen LogP contribution in [0.1, 0.15) is 10.5 Å². The molecule has 0 amide bonds. The lowest BCUT2D eigenvalue weighted by Gasteiger charge is -1.98. The summed E-state index contributed by atoms with van der Waals surface area (Å²) in [4.78, 5) is 17.1. The number of hydrogen-bond donors (Lipinski definition) is 0. The number of esters is 1. The summed E-state index contributed by atoms with van der Waals surface area (Å²) in [7, 11) is 1.15. The first-order valence-electron chi connectivity index (χ1n) is 2.91. The van der Waals surface area contributed by atoms with E-state index < -0.39 is 12.0 Å². The van der Waals surface area contributed by atoms with Crippen LogP contribution in [0.15, 0.2) is 6.20 Å². The number of aromatic nitrogens is 2. The van der Waals surface area contributed by atoms with Gasteiger partial charge in [-0.2, -0.15) is 9.37 Å². The zero-order chi connectivity index (χ0) is 9.14. The van der Waals surface area contributed by atoms with Gasteiger partial charge >= 0.3 is 12.0 Å². The molecule has 1 aromatic heterocycles. The molecule has 64 valence electrons.